The zero-order valence-corrected chi connectivity index (χ0v) is 9.01. The molecule has 0 saturated heterocycles. The lowest BCUT2D eigenvalue weighted by molar-refractivity contribution is -0.126. The first-order chi connectivity index (χ1) is 6.22. The summed E-state index contributed by atoms with van der Waals surface area (Å²) in [6, 6.07) is 0. The van der Waals surface area contributed by atoms with Crippen molar-refractivity contribution < 1.29 is 4.79 Å². The highest BCUT2D eigenvalue weighted by atomic mass is 16.1. The Labute approximate surface area is 81.9 Å². The van der Waals surface area contributed by atoms with Crippen LogP contribution < -0.4 is 0 Å². The summed E-state index contributed by atoms with van der Waals surface area (Å²) in [4.78, 5) is 11.8. The van der Waals surface area contributed by atoms with Gasteiger partial charge >= 0.3 is 0 Å². The highest BCUT2D eigenvalue weighted by Gasteiger charge is 2.19. The van der Waals surface area contributed by atoms with Crippen LogP contribution in [0.25, 0.3) is 0 Å². The van der Waals surface area contributed by atoms with Crippen molar-refractivity contribution >= 4 is 5.78 Å². The summed E-state index contributed by atoms with van der Waals surface area (Å²) >= 11 is 0. The summed E-state index contributed by atoms with van der Waals surface area (Å²) in [5.41, 5.74) is 0. The van der Waals surface area contributed by atoms with Crippen LogP contribution >= 0.6 is 0 Å². The molecule has 0 N–H and O–H groups in total. The third kappa shape index (κ3) is 3.50. The van der Waals surface area contributed by atoms with Crippen molar-refractivity contribution in [2.24, 2.45) is 11.8 Å². The Bertz CT molecular complexity index is 147. The van der Waals surface area contributed by atoms with Gasteiger partial charge in [-0.05, 0) is 12.8 Å². The van der Waals surface area contributed by atoms with Gasteiger partial charge in [-0.3, -0.25) is 4.79 Å². The normalized spacial score (nSPS) is 32.9. The second-order valence-electron chi connectivity index (χ2n) is 4.55. The highest BCUT2D eigenvalue weighted by Crippen LogP contribution is 2.21. The smallest absolute Gasteiger partial charge is 0.138 e. The molecule has 2 unspecified atom stereocenters. The zero-order chi connectivity index (χ0) is 9.68. The second-order valence-corrected chi connectivity index (χ2v) is 4.55. The van der Waals surface area contributed by atoms with E-state index in [1.807, 2.05) is 0 Å². The van der Waals surface area contributed by atoms with Crippen LogP contribution in [-0.4, -0.2) is 5.78 Å². The molecule has 0 amide bonds. The van der Waals surface area contributed by atoms with Gasteiger partial charge in [-0.2, -0.15) is 0 Å². The predicted molar refractivity (Wildman–Crippen MR) is 55.7 cm³/mol. The van der Waals surface area contributed by atoms with Crippen molar-refractivity contribution in [1.29, 1.82) is 0 Å². The summed E-state index contributed by atoms with van der Waals surface area (Å²) in [6.45, 7) is 4.20. The third-order valence-electron chi connectivity index (χ3n) is 3.25. The van der Waals surface area contributed by atoms with Crippen LogP contribution in [0.15, 0.2) is 0 Å². The number of hydrogen-bond acceptors (Lipinski definition) is 1. The minimum absolute atomic E-state index is 0.313. The average molecular weight is 182 g/mol. The van der Waals surface area contributed by atoms with Crippen LogP contribution in [0.5, 0.6) is 0 Å². The summed E-state index contributed by atoms with van der Waals surface area (Å²) in [5, 5.41) is 0. The van der Waals surface area contributed by atoms with Gasteiger partial charge in [0.15, 0.2) is 0 Å². The Morgan fingerprint density at radius 1 is 0.846 bits per heavy atom. The Balaban J connectivity index is 2.45. The van der Waals surface area contributed by atoms with Crippen molar-refractivity contribution in [3.63, 3.8) is 0 Å². The van der Waals surface area contributed by atoms with Gasteiger partial charge in [-0.25, -0.2) is 0 Å². The lowest BCUT2D eigenvalue weighted by atomic mass is 9.86. The van der Waals surface area contributed by atoms with E-state index in [9.17, 15) is 4.79 Å². The van der Waals surface area contributed by atoms with Crippen LogP contribution in [0.3, 0.4) is 0 Å². The molecule has 1 saturated carbocycles. The molecule has 1 rings (SSSR count). The molecule has 2 atom stereocenters. The van der Waals surface area contributed by atoms with Gasteiger partial charge in [0.05, 0.1) is 0 Å². The van der Waals surface area contributed by atoms with Crippen LogP contribution in [-0.2, 0) is 4.79 Å². The van der Waals surface area contributed by atoms with Crippen LogP contribution in [0.4, 0.5) is 0 Å². The standard InChI is InChI=1S/C12H22O/c1-10-8-6-4-3-5-7-9-11(2)12(10)13/h10-11H,3-9H2,1-2H3. The Hall–Kier alpha value is -0.330. The number of Topliss-reactive ketones (excluding diaryl/α,β-unsaturated/α-hetero) is 1. The van der Waals surface area contributed by atoms with E-state index in [1.54, 1.807) is 0 Å². The van der Waals surface area contributed by atoms with E-state index in [0.29, 0.717) is 17.6 Å². The predicted octanol–water partition coefficient (Wildman–Crippen LogP) is 3.57. The summed E-state index contributed by atoms with van der Waals surface area (Å²) in [5.74, 6) is 1.13. The zero-order valence-electron chi connectivity index (χ0n) is 9.01. The first-order valence-corrected chi connectivity index (χ1v) is 5.75. The molecule has 0 aromatic heterocycles. The maximum Gasteiger partial charge on any atom is 0.138 e. The molecule has 1 nitrogen and oxygen atoms in total. The Morgan fingerprint density at radius 3 is 1.69 bits per heavy atom. The van der Waals surface area contributed by atoms with Crippen LogP contribution in [0.1, 0.15) is 58.8 Å². The molecule has 0 radical (unpaired) electrons. The molecule has 1 aliphatic carbocycles. The van der Waals surface area contributed by atoms with E-state index in [2.05, 4.69) is 13.8 Å². The SMILES string of the molecule is CC1CCCCCCCC(C)C1=O. The van der Waals surface area contributed by atoms with E-state index in [0.717, 1.165) is 12.8 Å². The second kappa shape index (κ2) is 5.41. The molecule has 1 fully saturated rings. The lowest BCUT2D eigenvalue weighted by Gasteiger charge is -2.17. The van der Waals surface area contributed by atoms with E-state index in [-0.39, 0.29) is 0 Å². The lowest BCUT2D eigenvalue weighted by Crippen LogP contribution is -2.20. The van der Waals surface area contributed by atoms with Crippen LogP contribution in [0.2, 0.25) is 0 Å². The maximum atomic E-state index is 11.8. The van der Waals surface area contributed by atoms with Crippen molar-refractivity contribution in [1.82, 2.24) is 0 Å². The molecule has 0 aromatic rings. The van der Waals surface area contributed by atoms with Gasteiger partial charge in [-0.15, -0.1) is 0 Å². The minimum Gasteiger partial charge on any atom is -0.299 e. The van der Waals surface area contributed by atoms with E-state index in [4.69, 9.17) is 0 Å². The summed E-state index contributed by atoms with van der Waals surface area (Å²) in [6.07, 6.45) is 8.75. The number of carbonyl (C=O) groups is 1. The van der Waals surface area contributed by atoms with Crippen molar-refractivity contribution in [2.45, 2.75) is 58.8 Å². The molecule has 76 valence electrons. The quantitative estimate of drug-likeness (QED) is 0.559. The fourth-order valence-corrected chi connectivity index (χ4v) is 2.20. The van der Waals surface area contributed by atoms with E-state index in [1.165, 1.54) is 32.1 Å². The number of carbonyl (C=O) groups excluding carboxylic acids is 1. The van der Waals surface area contributed by atoms with Gasteiger partial charge in [-0.1, -0.05) is 46.0 Å². The van der Waals surface area contributed by atoms with Gasteiger partial charge in [0, 0.05) is 11.8 Å². The molecule has 0 spiro atoms. The molecule has 1 aliphatic rings. The summed E-state index contributed by atoms with van der Waals surface area (Å²) in [7, 11) is 0. The number of hydrogen-bond donors (Lipinski definition) is 0. The first-order valence-electron chi connectivity index (χ1n) is 5.75. The van der Waals surface area contributed by atoms with Gasteiger partial charge in [0.1, 0.15) is 5.78 Å². The molecule has 1 heteroatoms. The van der Waals surface area contributed by atoms with Gasteiger partial charge in [0.25, 0.3) is 0 Å². The van der Waals surface area contributed by atoms with Crippen molar-refractivity contribution in [3.05, 3.63) is 0 Å². The molecule has 0 heterocycles. The molecule has 0 aromatic carbocycles. The fraction of sp³-hybridized carbons (Fsp3) is 0.917. The third-order valence-corrected chi connectivity index (χ3v) is 3.25. The molecular weight excluding hydrogens is 160 g/mol. The van der Waals surface area contributed by atoms with Gasteiger partial charge in [0.2, 0.25) is 0 Å². The Morgan fingerprint density at radius 2 is 1.23 bits per heavy atom. The monoisotopic (exact) mass is 182 g/mol. The highest BCUT2D eigenvalue weighted by molar-refractivity contribution is 5.82. The molecule has 0 aliphatic heterocycles. The molecule has 0 bridgehead atoms. The van der Waals surface area contributed by atoms with Crippen molar-refractivity contribution in [3.8, 4) is 0 Å². The van der Waals surface area contributed by atoms with E-state index < -0.39 is 0 Å². The maximum absolute atomic E-state index is 11.8. The first kappa shape index (κ1) is 10.7. The molecule has 13 heavy (non-hydrogen) atoms. The van der Waals surface area contributed by atoms with Crippen molar-refractivity contribution in [2.75, 3.05) is 0 Å². The van der Waals surface area contributed by atoms with Crippen LogP contribution in [0, 0.1) is 11.8 Å². The average Bonchev–Trinajstić information content (AvgIpc) is 2.13. The fourth-order valence-electron chi connectivity index (χ4n) is 2.20. The topological polar surface area (TPSA) is 17.1 Å². The largest absolute Gasteiger partial charge is 0.299 e. The summed E-state index contributed by atoms with van der Waals surface area (Å²) < 4.78 is 0. The Kier molecular flexibility index (Phi) is 4.47. The molecular formula is C12H22O. The number of ketones is 1. The number of rotatable bonds is 0. The van der Waals surface area contributed by atoms with Gasteiger partial charge < -0.3 is 0 Å². The minimum atomic E-state index is 0.313. The van der Waals surface area contributed by atoms with E-state index >= 15 is 0 Å².